The van der Waals surface area contributed by atoms with Crippen LogP contribution in [0.25, 0.3) is 0 Å². The molecular weight excluding hydrogens is 313 g/mol. The molecular formula is C13H11F3N6O. The summed E-state index contributed by atoms with van der Waals surface area (Å²) >= 11 is 0. The van der Waals surface area contributed by atoms with Gasteiger partial charge in [0, 0.05) is 6.07 Å². The second-order valence-electron chi connectivity index (χ2n) is 4.77. The zero-order valence-corrected chi connectivity index (χ0v) is 11.6. The van der Waals surface area contributed by atoms with Gasteiger partial charge in [-0.25, -0.2) is 27.8 Å². The number of halogens is 3. The first kappa shape index (κ1) is 15.2. The fourth-order valence-corrected chi connectivity index (χ4v) is 2.23. The van der Waals surface area contributed by atoms with Gasteiger partial charge in [-0.15, -0.1) is 0 Å². The van der Waals surface area contributed by atoms with Crippen LogP contribution in [0.5, 0.6) is 0 Å². The molecule has 0 radical (unpaired) electrons. The molecule has 23 heavy (non-hydrogen) atoms. The molecule has 10 heteroatoms. The number of hydrogen-bond donors (Lipinski definition) is 1. The Morgan fingerprint density at radius 3 is 2.48 bits per heavy atom. The Morgan fingerprint density at radius 2 is 1.87 bits per heavy atom. The predicted octanol–water partition coefficient (Wildman–Crippen LogP) is 0.879. The van der Waals surface area contributed by atoms with Crippen molar-refractivity contribution in [3.8, 4) is 0 Å². The molecule has 0 aliphatic rings. The van der Waals surface area contributed by atoms with E-state index < -0.39 is 29.1 Å². The van der Waals surface area contributed by atoms with E-state index in [1.165, 1.54) is 17.3 Å². The summed E-state index contributed by atoms with van der Waals surface area (Å²) in [5.74, 6) is -4.82. The van der Waals surface area contributed by atoms with Gasteiger partial charge in [-0.3, -0.25) is 4.68 Å². The molecule has 0 aliphatic carbocycles. The van der Waals surface area contributed by atoms with Gasteiger partial charge in [0.1, 0.15) is 43.0 Å². The van der Waals surface area contributed by atoms with Gasteiger partial charge in [0.15, 0.2) is 0 Å². The molecule has 0 saturated heterocycles. The molecule has 0 amide bonds. The lowest BCUT2D eigenvalue weighted by atomic mass is 9.97. The van der Waals surface area contributed by atoms with Crippen molar-refractivity contribution in [3.05, 3.63) is 60.7 Å². The summed E-state index contributed by atoms with van der Waals surface area (Å²) in [6.45, 7) is -0.326. The van der Waals surface area contributed by atoms with E-state index in [0.717, 1.165) is 24.8 Å². The molecule has 2 aromatic heterocycles. The van der Waals surface area contributed by atoms with Gasteiger partial charge >= 0.3 is 0 Å². The van der Waals surface area contributed by atoms with Crippen LogP contribution in [0.1, 0.15) is 5.56 Å². The lowest BCUT2D eigenvalue weighted by molar-refractivity contribution is -0.0568. The molecule has 120 valence electrons. The molecule has 2 atom stereocenters. The smallest absolute Gasteiger partial charge is 0.258 e. The van der Waals surface area contributed by atoms with Crippen molar-refractivity contribution in [2.75, 3.05) is 0 Å². The van der Waals surface area contributed by atoms with Crippen molar-refractivity contribution in [2.45, 2.75) is 18.4 Å². The second-order valence-corrected chi connectivity index (χ2v) is 4.77. The molecule has 0 saturated carbocycles. The van der Waals surface area contributed by atoms with E-state index in [2.05, 4.69) is 20.2 Å². The van der Waals surface area contributed by atoms with E-state index in [0.29, 0.717) is 10.7 Å². The molecule has 0 aliphatic heterocycles. The second kappa shape index (κ2) is 5.80. The summed E-state index contributed by atoms with van der Waals surface area (Å²) < 4.78 is 44.7. The lowest BCUT2D eigenvalue weighted by Crippen LogP contribution is -2.45. The number of aliphatic hydroxyl groups excluding tert-OH is 1. The predicted molar refractivity (Wildman–Crippen MR) is 70.6 cm³/mol. The van der Waals surface area contributed by atoms with Crippen LogP contribution in [0.2, 0.25) is 0 Å². The molecule has 0 fully saturated rings. The average molecular weight is 324 g/mol. The minimum atomic E-state index is -2.81. The number of aromatic nitrogens is 6. The van der Waals surface area contributed by atoms with Gasteiger partial charge in [0.05, 0.1) is 12.1 Å². The SMILES string of the molecule is OC(Cn1cncn1)C(F)(c1ccc(F)cc1F)n1cncn1. The van der Waals surface area contributed by atoms with E-state index in [-0.39, 0.29) is 6.54 Å². The topological polar surface area (TPSA) is 81.6 Å². The maximum Gasteiger partial charge on any atom is 0.258 e. The van der Waals surface area contributed by atoms with Crippen LogP contribution in [-0.2, 0) is 12.3 Å². The highest BCUT2D eigenvalue weighted by Gasteiger charge is 2.45. The van der Waals surface area contributed by atoms with Crippen LogP contribution in [0, 0.1) is 11.6 Å². The monoisotopic (exact) mass is 324 g/mol. The summed E-state index contributed by atoms with van der Waals surface area (Å²) in [6.07, 6.45) is 2.73. The van der Waals surface area contributed by atoms with Gasteiger partial charge in [0.2, 0.25) is 0 Å². The lowest BCUT2D eigenvalue weighted by Gasteiger charge is -2.30. The van der Waals surface area contributed by atoms with Crippen LogP contribution in [-0.4, -0.2) is 40.7 Å². The average Bonchev–Trinajstić information content (AvgIpc) is 3.20. The number of benzene rings is 1. The molecule has 7 nitrogen and oxygen atoms in total. The molecule has 2 unspecified atom stereocenters. The Labute approximate surface area is 128 Å². The number of aliphatic hydroxyl groups is 1. The quantitative estimate of drug-likeness (QED) is 0.753. The van der Waals surface area contributed by atoms with Gasteiger partial charge < -0.3 is 5.11 Å². The number of hydrogen-bond acceptors (Lipinski definition) is 5. The van der Waals surface area contributed by atoms with Gasteiger partial charge in [-0.1, -0.05) is 0 Å². The molecule has 0 spiro atoms. The van der Waals surface area contributed by atoms with Crippen molar-refractivity contribution < 1.29 is 18.3 Å². The Balaban J connectivity index is 2.07. The molecule has 0 bridgehead atoms. The van der Waals surface area contributed by atoms with E-state index in [4.69, 9.17) is 0 Å². The number of nitrogens with zero attached hydrogens (tertiary/aromatic N) is 6. The third kappa shape index (κ3) is 2.68. The van der Waals surface area contributed by atoms with Crippen molar-refractivity contribution in [1.29, 1.82) is 0 Å². The summed E-state index contributed by atoms with van der Waals surface area (Å²) in [7, 11) is 0. The van der Waals surface area contributed by atoms with Gasteiger partial charge in [-0.2, -0.15) is 10.2 Å². The number of rotatable bonds is 5. The third-order valence-electron chi connectivity index (χ3n) is 3.33. The van der Waals surface area contributed by atoms with Crippen LogP contribution in [0.3, 0.4) is 0 Å². The molecule has 2 heterocycles. The number of alkyl halides is 1. The van der Waals surface area contributed by atoms with Crippen molar-refractivity contribution in [1.82, 2.24) is 29.5 Å². The van der Waals surface area contributed by atoms with Crippen LogP contribution in [0.4, 0.5) is 13.2 Å². The first-order chi connectivity index (χ1) is 11.0. The minimum absolute atomic E-state index is 0.326. The minimum Gasteiger partial charge on any atom is -0.385 e. The highest BCUT2D eigenvalue weighted by molar-refractivity contribution is 5.26. The standard InChI is InChI=1S/C13H11F3N6O/c14-9-1-2-10(11(15)3-9)13(16,22-8-18-6-20-22)12(23)4-21-7-17-5-19-21/h1-3,5-8,12,23H,4H2. The largest absolute Gasteiger partial charge is 0.385 e. The molecule has 1 N–H and O–H groups in total. The fraction of sp³-hybridized carbons (Fsp3) is 0.231. The van der Waals surface area contributed by atoms with Crippen LogP contribution in [0.15, 0.2) is 43.5 Å². The summed E-state index contributed by atoms with van der Waals surface area (Å²) in [4.78, 5) is 7.29. The van der Waals surface area contributed by atoms with Crippen LogP contribution >= 0.6 is 0 Å². The van der Waals surface area contributed by atoms with Gasteiger partial charge in [0.25, 0.3) is 5.79 Å². The molecule has 1 aromatic carbocycles. The molecule has 3 aromatic rings. The Bertz CT molecular complexity index is 779. The highest BCUT2D eigenvalue weighted by Crippen LogP contribution is 2.34. The third-order valence-corrected chi connectivity index (χ3v) is 3.33. The maximum atomic E-state index is 15.7. The first-order valence-corrected chi connectivity index (χ1v) is 6.52. The van der Waals surface area contributed by atoms with E-state index >= 15 is 4.39 Å². The summed E-state index contributed by atoms with van der Waals surface area (Å²) in [6, 6.07) is 2.34. The fourth-order valence-electron chi connectivity index (χ4n) is 2.23. The molecule has 3 rings (SSSR count). The first-order valence-electron chi connectivity index (χ1n) is 6.52. The maximum absolute atomic E-state index is 15.7. The van der Waals surface area contributed by atoms with Crippen molar-refractivity contribution in [3.63, 3.8) is 0 Å². The Kier molecular flexibility index (Phi) is 3.82. The summed E-state index contributed by atoms with van der Waals surface area (Å²) in [5, 5.41) is 17.8. The van der Waals surface area contributed by atoms with E-state index in [9.17, 15) is 13.9 Å². The van der Waals surface area contributed by atoms with Gasteiger partial charge in [-0.05, 0) is 12.1 Å². The van der Waals surface area contributed by atoms with Crippen molar-refractivity contribution >= 4 is 0 Å². The van der Waals surface area contributed by atoms with Crippen LogP contribution < -0.4 is 0 Å². The summed E-state index contributed by atoms with van der Waals surface area (Å²) in [5.41, 5.74) is -0.572. The Morgan fingerprint density at radius 1 is 1.13 bits per heavy atom. The van der Waals surface area contributed by atoms with E-state index in [1.54, 1.807) is 0 Å². The highest BCUT2D eigenvalue weighted by atomic mass is 19.2. The Hall–Kier alpha value is -2.75. The van der Waals surface area contributed by atoms with Crippen molar-refractivity contribution in [2.24, 2.45) is 0 Å². The zero-order chi connectivity index (χ0) is 16.4. The zero-order valence-electron chi connectivity index (χ0n) is 11.6. The van der Waals surface area contributed by atoms with E-state index in [1.807, 2.05) is 0 Å². The normalized spacial score (nSPS) is 15.3.